The van der Waals surface area contributed by atoms with Gasteiger partial charge in [0.1, 0.15) is 0 Å². The first kappa shape index (κ1) is 11.0. The molecule has 1 nitrogen and oxygen atoms in total. The lowest BCUT2D eigenvalue weighted by Gasteiger charge is -2.27. The molecule has 0 bridgehead atoms. The summed E-state index contributed by atoms with van der Waals surface area (Å²) >= 11 is 0. The molecule has 0 radical (unpaired) electrons. The summed E-state index contributed by atoms with van der Waals surface area (Å²) in [5.41, 5.74) is -0.311. The lowest BCUT2D eigenvalue weighted by molar-refractivity contribution is 0.00230. The van der Waals surface area contributed by atoms with E-state index in [4.69, 9.17) is 0 Å². The zero-order valence-corrected chi connectivity index (χ0v) is 9.34. The molecular formula is C12H24O. The van der Waals surface area contributed by atoms with Crippen LogP contribution in [-0.4, -0.2) is 10.7 Å². The third-order valence-corrected chi connectivity index (χ3v) is 3.34. The summed E-state index contributed by atoms with van der Waals surface area (Å²) in [7, 11) is 0. The molecule has 78 valence electrons. The largest absolute Gasteiger partial charge is 0.390 e. The molecule has 1 rings (SSSR count). The molecule has 0 aromatic heterocycles. The Labute approximate surface area is 82.5 Å². The Kier molecular flexibility index (Phi) is 3.78. The predicted molar refractivity (Wildman–Crippen MR) is 56.7 cm³/mol. The highest BCUT2D eigenvalue weighted by molar-refractivity contribution is 4.93. The van der Waals surface area contributed by atoms with Gasteiger partial charge in [-0.3, -0.25) is 0 Å². The second kappa shape index (κ2) is 4.45. The number of rotatable bonds is 6. The lowest BCUT2D eigenvalue weighted by atomic mass is 9.87. The molecule has 0 aromatic rings. The van der Waals surface area contributed by atoms with E-state index in [0.29, 0.717) is 5.92 Å². The maximum atomic E-state index is 10.3. The molecule has 1 fully saturated rings. The van der Waals surface area contributed by atoms with E-state index in [1.54, 1.807) is 0 Å². The zero-order chi connectivity index (χ0) is 9.90. The first-order valence-electron chi connectivity index (χ1n) is 5.81. The summed E-state index contributed by atoms with van der Waals surface area (Å²) in [4.78, 5) is 0. The molecule has 0 aliphatic heterocycles. The fraction of sp³-hybridized carbons (Fsp3) is 1.00. The van der Waals surface area contributed by atoms with Crippen LogP contribution in [0.25, 0.3) is 0 Å². The summed E-state index contributed by atoms with van der Waals surface area (Å²) < 4.78 is 0. The number of hydrogen-bond donors (Lipinski definition) is 1. The molecule has 1 saturated carbocycles. The van der Waals surface area contributed by atoms with E-state index < -0.39 is 0 Å². The van der Waals surface area contributed by atoms with Crippen molar-refractivity contribution in [3.8, 4) is 0 Å². The minimum Gasteiger partial charge on any atom is -0.390 e. The fourth-order valence-corrected chi connectivity index (χ4v) is 2.11. The van der Waals surface area contributed by atoms with Gasteiger partial charge in [-0.25, -0.2) is 0 Å². The first-order chi connectivity index (χ1) is 6.08. The SMILES string of the molecule is CCC(O)(CCCC(C)C)C1CC1. The summed E-state index contributed by atoms with van der Waals surface area (Å²) in [5.74, 6) is 1.41. The molecule has 1 aliphatic rings. The first-order valence-corrected chi connectivity index (χ1v) is 5.81. The average Bonchev–Trinajstić information content (AvgIpc) is 2.85. The lowest BCUT2D eigenvalue weighted by Crippen LogP contribution is -2.30. The van der Waals surface area contributed by atoms with Gasteiger partial charge < -0.3 is 5.11 Å². The second-order valence-corrected chi connectivity index (χ2v) is 5.02. The van der Waals surface area contributed by atoms with E-state index in [1.807, 2.05) is 0 Å². The van der Waals surface area contributed by atoms with Crippen molar-refractivity contribution in [3.05, 3.63) is 0 Å². The fourth-order valence-electron chi connectivity index (χ4n) is 2.11. The zero-order valence-electron chi connectivity index (χ0n) is 9.34. The summed E-state index contributed by atoms with van der Waals surface area (Å²) in [6.45, 7) is 6.62. The summed E-state index contributed by atoms with van der Waals surface area (Å²) in [6.07, 6.45) is 6.92. The summed E-state index contributed by atoms with van der Waals surface area (Å²) in [6, 6.07) is 0. The Morgan fingerprint density at radius 2 is 2.00 bits per heavy atom. The molecule has 13 heavy (non-hydrogen) atoms. The van der Waals surface area contributed by atoms with Gasteiger partial charge in [0, 0.05) is 0 Å². The Morgan fingerprint density at radius 3 is 2.38 bits per heavy atom. The number of aliphatic hydroxyl groups is 1. The molecule has 0 spiro atoms. The summed E-state index contributed by atoms with van der Waals surface area (Å²) in [5, 5.41) is 10.3. The van der Waals surface area contributed by atoms with E-state index in [0.717, 1.165) is 18.8 Å². The van der Waals surface area contributed by atoms with Crippen LogP contribution in [0.4, 0.5) is 0 Å². The molecular weight excluding hydrogens is 160 g/mol. The van der Waals surface area contributed by atoms with Gasteiger partial charge in [0.2, 0.25) is 0 Å². The van der Waals surface area contributed by atoms with Crippen molar-refractivity contribution in [2.75, 3.05) is 0 Å². The third kappa shape index (κ3) is 3.30. The van der Waals surface area contributed by atoms with E-state index in [2.05, 4.69) is 20.8 Å². The normalized spacial score (nSPS) is 21.9. The van der Waals surface area contributed by atoms with Crippen LogP contribution in [0.3, 0.4) is 0 Å². The predicted octanol–water partition coefficient (Wildman–Crippen LogP) is 3.36. The van der Waals surface area contributed by atoms with Crippen LogP contribution in [0.2, 0.25) is 0 Å². The minimum absolute atomic E-state index is 0.311. The molecule has 0 saturated heterocycles. The van der Waals surface area contributed by atoms with E-state index in [-0.39, 0.29) is 5.60 Å². The molecule has 0 heterocycles. The third-order valence-electron chi connectivity index (χ3n) is 3.34. The van der Waals surface area contributed by atoms with Gasteiger partial charge in [-0.2, -0.15) is 0 Å². The van der Waals surface area contributed by atoms with Gasteiger partial charge in [-0.15, -0.1) is 0 Å². The Balaban J connectivity index is 2.23. The van der Waals surface area contributed by atoms with Crippen LogP contribution < -0.4 is 0 Å². The number of hydrogen-bond acceptors (Lipinski definition) is 1. The van der Waals surface area contributed by atoms with E-state index >= 15 is 0 Å². The van der Waals surface area contributed by atoms with Gasteiger partial charge in [0.05, 0.1) is 5.60 Å². The van der Waals surface area contributed by atoms with Crippen LogP contribution >= 0.6 is 0 Å². The van der Waals surface area contributed by atoms with E-state index in [1.165, 1.54) is 25.7 Å². The van der Waals surface area contributed by atoms with Crippen LogP contribution in [0.15, 0.2) is 0 Å². The standard InChI is InChI=1S/C12H24O/c1-4-12(13,11-7-8-11)9-5-6-10(2)3/h10-11,13H,4-9H2,1-3H3. The molecule has 1 N–H and O–H groups in total. The van der Waals surface area contributed by atoms with Crippen LogP contribution in [0.5, 0.6) is 0 Å². The molecule has 1 aliphatic carbocycles. The van der Waals surface area contributed by atoms with Crippen molar-refractivity contribution in [3.63, 3.8) is 0 Å². The van der Waals surface area contributed by atoms with Crippen LogP contribution in [0.1, 0.15) is 59.3 Å². The molecule has 1 heteroatoms. The second-order valence-electron chi connectivity index (χ2n) is 5.02. The van der Waals surface area contributed by atoms with Gasteiger partial charge in [-0.1, -0.05) is 33.6 Å². The Morgan fingerprint density at radius 1 is 1.38 bits per heavy atom. The molecule has 1 unspecified atom stereocenters. The van der Waals surface area contributed by atoms with Crippen LogP contribution in [-0.2, 0) is 0 Å². The molecule has 0 aromatic carbocycles. The quantitative estimate of drug-likeness (QED) is 0.671. The highest BCUT2D eigenvalue weighted by Crippen LogP contribution is 2.44. The topological polar surface area (TPSA) is 20.2 Å². The highest BCUT2D eigenvalue weighted by atomic mass is 16.3. The maximum absolute atomic E-state index is 10.3. The van der Waals surface area contributed by atoms with Crippen LogP contribution in [0, 0.1) is 11.8 Å². The van der Waals surface area contributed by atoms with Crippen molar-refractivity contribution >= 4 is 0 Å². The van der Waals surface area contributed by atoms with Crippen molar-refractivity contribution in [1.29, 1.82) is 0 Å². The highest BCUT2D eigenvalue weighted by Gasteiger charge is 2.41. The monoisotopic (exact) mass is 184 g/mol. The van der Waals surface area contributed by atoms with Gasteiger partial charge in [0.15, 0.2) is 0 Å². The van der Waals surface area contributed by atoms with Gasteiger partial charge >= 0.3 is 0 Å². The average molecular weight is 184 g/mol. The van der Waals surface area contributed by atoms with Crippen molar-refractivity contribution in [1.82, 2.24) is 0 Å². The minimum atomic E-state index is -0.311. The molecule has 0 amide bonds. The Bertz CT molecular complexity index is 149. The molecule has 1 atom stereocenters. The Hall–Kier alpha value is -0.0400. The van der Waals surface area contributed by atoms with Crippen molar-refractivity contribution < 1.29 is 5.11 Å². The maximum Gasteiger partial charge on any atom is 0.0673 e. The van der Waals surface area contributed by atoms with Gasteiger partial charge in [-0.05, 0) is 37.5 Å². The van der Waals surface area contributed by atoms with Crippen molar-refractivity contribution in [2.24, 2.45) is 11.8 Å². The smallest absolute Gasteiger partial charge is 0.0673 e. The van der Waals surface area contributed by atoms with Gasteiger partial charge in [0.25, 0.3) is 0 Å². The van der Waals surface area contributed by atoms with E-state index in [9.17, 15) is 5.11 Å². The van der Waals surface area contributed by atoms with Crippen molar-refractivity contribution in [2.45, 2.75) is 64.9 Å².